The number of carbonyl (C=O) groups excluding carboxylic acids is 2. The maximum atomic E-state index is 12.3. The van der Waals surface area contributed by atoms with Crippen LogP contribution in [0.2, 0.25) is 0 Å². The second kappa shape index (κ2) is 6.22. The number of nitrogens with one attached hydrogen (secondary N) is 2. The molecule has 2 heterocycles. The topological polar surface area (TPSA) is 105 Å². The summed E-state index contributed by atoms with van der Waals surface area (Å²) in [5, 5.41) is 14.9. The zero-order valence-electron chi connectivity index (χ0n) is 14.3. The first kappa shape index (κ1) is 19.2. The predicted molar refractivity (Wildman–Crippen MR) is 84.3 cm³/mol. The lowest BCUT2D eigenvalue weighted by atomic mass is 9.73. The van der Waals surface area contributed by atoms with Gasteiger partial charge in [0.2, 0.25) is 11.8 Å². The van der Waals surface area contributed by atoms with E-state index in [1.165, 1.54) is 12.1 Å². The first-order valence-electron chi connectivity index (χ1n) is 8.19. The fourth-order valence-electron chi connectivity index (χ4n) is 4.00. The summed E-state index contributed by atoms with van der Waals surface area (Å²) in [6.07, 6.45) is -4.84. The molecule has 4 atom stereocenters. The van der Waals surface area contributed by atoms with E-state index in [-0.39, 0.29) is 0 Å². The molecule has 0 saturated carbocycles. The Balaban J connectivity index is 2.00. The molecule has 7 nitrogen and oxygen atoms in total. The molecule has 0 spiro atoms. The number of hydrogen-bond donors (Lipinski definition) is 3. The van der Waals surface area contributed by atoms with Crippen LogP contribution >= 0.6 is 0 Å². The van der Waals surface area contributed by atoms with Crippen molar-refractivity contribution in [3.8, 4) is 5.75 Å². The minimum Gasteiger partial charge on any atom is -0.480 e. The number of carboxylic acids is 1. The van der Waals surface area contributed by atoms with E-state index in [2.05, 4.69) is 15.4 Å². The monoisotopic (exact) mass is 386 g/mol. The lowest BCUT2D eigenvalue weighted by Gasteiger charge is -2.33. The Kier molecular flexibility index (Phi) is 4.41. The fraction of sp³-hybridized carbons (Fsp3) is 0.471. The predicted octanol–water partition coefficient (Wildman–Crippen LogP) is 1.60. The van der Waals surface area contributed by atoms with E-state index in [0.717, 1.165) is 12.1 Å². The molecule has 2 amide bonds. The summed E-state index contributed by atoms with van der Waals surface area (Å²) in [6, 6.07) is 3.92. The third-order valence-corrected chi connectivity index (χ3v) is 5.17. The summed E-state index contributed by atoms with van der Waals surface area (Å²) >= 11 is 0. The Bertz CT molecular complexity index is 793. The van der Waals surface area contributed by atoms with Crippen molar-refractivity contribution in [3.63, 3.8) is 0 Å². The zero-order chi connectivity index (χ0) is 20.1. The normalized spacial score (nSPS) is 30.4. The highest BCUT2D eigenvalue weighted by Gasteiger charge is 2.67. The SMILES string of the molecule is CC(C)C1(C(=O)O)NC(c2ccc(OC(F)(F)F)cc2)C2C(=O)NC(=O)C21. The van der Waals surface area contributed by atoms with Crippen molar-refractivity contribution in [2.45, 2.75) is 31.8 Å². The van der Waals surface area contributed by atoms with E-state index in [1.54, 1.807) is 13.8 Å². The van der Waals surface area contributed by atoms with Gasteiger partial charge in [0, 0.05) is 6.04 Å². The Hall–Kier alpha value is -2.62. The van der Waals surface area contributed by atoms with Gasteiger partial charge in [-0.25, -0.2) is 0 Å². The molecule has 27 heavy (non-hydrogen) atoms. The number of imide groups is 1. The van der Waals surface area contributed by atoms with Gasteiger partial charge >= 0.3 is 12.3 Å². The average molecular weight is 386 g/mol. The van der Waals surface area contributed by atoms with Crippen LogP contribution in [0.3, 0.4) is 0 Å². The number of rotatable bonds is 4. The third-order valence-electron chi connectivity index (χ3n) is 5.17. The summed E-state index contributed by atoms with van der Waals surface area (Å²) in [5.74, 6) is -5.63. The van der Waals surface area contributed by atoms with Crippen molar-refractivity contribution in [3.05, 3.63) is 29.8 Å². The third kappa shape index (κ3) is 3.03. The van der Waals surface area contributed by atoms with Crippen LogP contribution in [-0.2, 0) is 14.4 Å². The van der Waals surface area contributed by atoms with E-state index in [9.17, 15) is 32.7 Å². The molecule has 0 aliphatic carbocycles. The fourth-order valence-corrected chi connectivity index (χ4v) is 4.00. The first-order valence-corrected chi connectivity index (χ1v) is 8.19. The Morgan fingerprint density at radius 3 is 2.26 bits per heavy atom. The van der Waals surface area contributed by atoms with Crippen LogP contribution in [0.15, 0.2) is 24.3 Å². The molecule has 4 unspecified atom stereocenters. The second-order valence-electron chi connectivity index (χ2n) is 6.92. The van der Waals surface area contributed by atoms with Crippen LogP contribution in [0.5, 0.6) is 5.75 Å². The molecular formula is C17H17F3N2O5. The van der Waals surface area contributed by atoms with Gasteiger partial charge < -0.3 is 9.84 Å². The highest BCUT2D eigenvalue weighted by atomic mass is 19.4. The highest BCUT2D eigenvalue weighted by molar-refractivity contribution is 6.09. The van der Waals surface area contributed by atoms with Crippen LogP contribution in [0, 0.1) is 17.8 Å². The number of amides is 2. The number of alkyl halides is 3. The molecular weight excluding hydrogens is 369 g/mol. The van der Waals surface area contributed by atoms with Crippen molar-refractivity contribution in [2.75, 3.05) is 0 Å². The Morgan fingerprint density at radius 2 is 1.78 bits per heavy atom. The van der Waals surface area contributed by atoms with Crippen LogP contribution in [0.25, 0.3) is 0 Å². The van der Waals surface area contributed by atoms with Gasteiger partial charge in [-0.2, -0.15) is 0 Å². The summed E-state index contributed by atoms with van der Waals surface area (Å²) in [7, 11) is 0. The van der Waals surface area contributed by atoms with Gasteiger partial charge in [0.25, 0.3) is 0 Å². The van der Waals surface area contributed by atoms with E-state index >= 15 is 0 Å². The molecule has 0 aromatic heterocycles. The number of halogens is 3. The number of ether oxygens (including phenoxy) is 1. The van der Waals surface area contributed by atoms with Crippen molar-refractivity contribution in [1.82, 2.24) is 10.6 Å². The average Bonchev–Trinajstić information content (AvgIpc) is 3.04. The lowest BCUT2D eigenvalue weighted by molar-refractivity contribution is -0.274. The molecule has 2 aliphatic rings. The number of aliphatic carboxylic acids is 1. The number of carboxylic acid groups (broad SMARTS) is 1. The van der Waals surface area contributed by atoms with Gasteiger partial charge in [0.1, 0.15) is 11.3 Å². The lowest BCUT2D eigenvalue weighted by Crippen LogP contribution is -2.59. The van der Waals surface area contributed by atoms with Gasteiger partial charge in [-0.05, 0) is 23.6 Å². The number of hydrogen-bond acceptors (Lipinski definition) is 5. The van der Waals surface area contributed by atoms with E-state index in [4.69, 9.17) is 0 Å². The van der Waals surface area contributed by atoms with Gasteiger partial charge in [-0.3, -0.25) is 25.0 Å². The molecule has 3 N–H and O–H groups in total. The van der Waals surface area contributed by atoms with Crippen molar-refractivity contribution in [2.24, 2.45) is 17.8 Å². The quantitative estimate of drug-likeness (QED) is 0.679. The summed E-state index contributed by atoms with van der Waals surface area (Å²) in [5.41, 5.74) is -1.29. The Morgan fingerprint density at radius 1 is 1.19 bits per heavy atom. The maximum Gasteiger partial charge on any atom is 0.573 e. The standard InChI is InChI=1S/C17H17F3N2O5/c1-7(2)16(15(25)26)11-10(13(23)21-14(11)24)12(22-16)8-3-5-9(6-4-8)27-17(18,19)20/h3-7,10-12,22H,1-2H3,(H,25,26)(H,21,23,24). The van der Waals surface area contributed by atoms with Crippen molar-refractivity contribution in [1.29, 1.82) is 0 Å². The molecule has 10 heteroatoms. The van der Waals surface area contributed by atoms with Gasteiger partial charge in [-0.1, -0.05) is 26.0 Å². The largest absolute Gasteiger partial charge is 0.573 e. The number of benzene rings is 1. The first-order chi connectivity index (χ1) is 12.5. The minimum absolute atomic E-state index is 0.383. The van der Waals surface area contributed by atoms with Crippen LogP contribution in [-0.4, -0.2) is 34.8 Å². The van der Waals surface area contributed by atoms with Crippen LogP contribution < -0.4 is 15.4 Å². The Labute approximate surface area is 151 Å². The van der Waals surface area contributed by atoms with Crippen LogP contribution in [0.4, 0.5) is 13.2 Å². The van der Waals surface area contributed by atoms with Crippen molar-refractivity contribution < 1.29 is 37.4 Å². The molecule has 1 aromatic rings. The molecule has 2 saturated heterocycles. The molecule has 2 aliphatic heterocycles. The van der Waals surface area contributed by atoms with E-state index in [1.807, 2.05) is 0 Å². The van der Waals surface area contributed by atoms with Gasteiger partial charge in [0.15, 0.2) is 0 Å². The smallest absolute Gasteiger partial charge is 0.480 e. The minimum atomic E-state index is -4.84. The number of carbonyl (C=O) groups is 3. The maximum absolute atomic E-state index is 12.3. The van der Waals surface area contributed by atoms with E-state index < -0.39 is 59.2 Å². The molecule has 3 rings (SSSR count). The summed E-state index contributed by atoms with van der Waals surface area (Å²) < 4.78 is 40.7. The molecule has 0 bridgehead atoms. The number of fused-ring (bicyclic) bond motifs is 1. The molecule has 146 valence electrons. The molecule has 1 aromatic carbocycles. The van der Waals surface area contributed by atoms with Crippen molar-refractivity contribution >= 4 is 17.8 Å². The second-order valence-corrected chi connectivity index (χ2v) is 6.92. The molecule has 0 radical (unpaired) electrons. The zero-order valence-corrected chi connectivity index (χ0v) is 14.3. The van der Waals surface area contributed by atoms with Gasteiger partial charge in [0.05, 0.1) is 11.8 Å². The van der Waals surface area contributed by atoms with Crippen LogP contribution in [0.1, 0.15) is 25.5 Å². The van der Waals surface area contributed by atoms with E-state index in [0.29, 0.717) is 5.56 Å². The molecule has 2 fully saturated rings. The summed E-state index contributed by atoms with van der Waals surface area (Å²) in [4.78, 5) is 36.6. The summed E-state index contributed by atoms with van der Waals surface area (Å²) in [6.45, 7) is 3.24. The highest BCUT2D eigenvalue weighted by Crippen LogP contribution is 2.49. The van der Waals surface area contributed by atoms with Gasteiger partial charge in [-0.15, -0.1) is 13.2 Å².